The summed E-state index contributed by atoms with van der Waals surface area (Å²) < 4.78 is 0. The summed E-state index contributed by atoms with van der Waals surface area (Å²) in [6.07, 6.45) is 1.65. The fourth-order valence-corrected chi connectivity index (χ4v) is 2.17. The lowest BCUT2D eigenvalue weighted by Gasteiger charge is -2.12. The molecule has 6 heteroatoms. The molecule has 3 nitrogen and oxygen atoms in total. The van der Waals surface area contributed by atoms with E-state index in [-0.39, 0.29) is 4.99 Å². The lowest BCUT2D eigenvalue weighted by molar-refractivity contribution is 1.29. The molecule has 19 heavy (non-hydrogen) atoms. The van der Waals surface area contributed by atoms with E-state index < -0.39 is 0 Å². The van der Waals surface area contributed by atoms with Gasteiger partial charge in [-0.3, -0.25) is 0 Å². The minimum Gasteiger partial charge on any atom is -0.389 e. The van der Waals surface area contributed by atoms with E-state index in [0.717, 1.165) is 5.56 Å². The van der Waals surface area contributed by atoms with Crippen LogP contribution in [0.4, 0.5) is 11.5 Å². The molecule has 0 fully saturated rings. The summed E-state index contributed by atoms with van der Waals surface area (Å²) in [4.78, 5) is 4.48. The number of aryl methyl sites for hydroxylation is 1. The second-order valence-electron chi connectivity index (χ2n) is 3.97. The van der Waals surface area contributed by atoms with Gasteiger partial charge in [-0.25, -0.2) is 4.98 Å². The number of benzene rings is 1. The molecule has 0 saturated carbocycles. The highest BCUT2D eigenvalue weighted by atomic mass is 35.5. The molecule has 1 aromatic carbocycles. The maximum absolute atomic E-state index is 6.17. The van der Waals surface area contributed by atoms with Crippen LogP contribution in [0.25, 0.3) is 0 Å². The number of hydrogen-bond acceptors (Lipinski definition) is 3. The van der Waals surface area contributed by atoms with Gasteiger partial charge in [0.05, 0.1) is 16.3 Å². The third-order valence-electron chi connectivity index (χ3n) is 2.57. The van der Waals surface area contributed by atoms with Crippen LogP contribution in [0.2, 0.25) is 10.0 Å². The van der Waals surface area contributed by atoms with Crippen LogP contribution in [0.15, 0.2) is 30.5 Å². The number of aromatic nitrogens is 1. The molecule has 0 bridgehead atoms. The quantitative estimate of drug-likeness (QED) is 0.839. The second-order valence-corrected chi connectivity index (χ2v) is 5.22. The number of rotatable bonds is 3. The van der Waals surface area contributed by atoms with Gasteiger partial charge in [0, 0.05) is 11.2 Å². The van der Waals surface area contributed by atoms with E-state index in [1.54, 1.807) is 30.5 Å². The number of nitrogens with one attached hydrogen (secondary N) is 1. The average Bonchev–Trinajstić information content (AvgIpc) is 2.36. The van der Waals surface area contributed by atoms with Crippen LogP contribution in [0.5, 0.6) is 0 Å². The molecular formula is C13H11Cl2N3S. The van der Waals surface area contributed by atoms with Crippen molar-refractivity contribution in [2.75, 3.05) is 5.32 Å². The third-order valence-corrected chi connectivity index (χ3v) is 3.51. The maximum Gasteiger partial charge on any atom is 0.140 e. The molecule has 1 heterocycles. The third kappa shape index (κ3) is 3.15. The van der Waals surface area contributed by atoms with Crippen molar-refractivity contribution in [1.82, 2.24) is 4.98 Å². The highest BCUT2D eigenvalue weighted by molar-refractivity contribution is 7.80. The Morgan fingerprint density at radius 2 is 2.05 bits per heavy atom. The molecular weight excluding hydrogens is 301 g/mol. The number of halogens is 2. The first-order valence-corrected chi connectivity index (χ1v) is 6.63. The smallest absolute Gasteiger partial charge is 0.140 e. The first kappa shape index (κ1) is 14.1. The van der Waals surface area contributed by atoms with E-state index in [1.165, 1.54) is 0 Å². The number of hydrogen-bond donors (Lipinski definition) is 2. The molecule has 0 aliphatic heterocycles. The molecule has 98 valence electrons. The largest absolute Gasteiger partial charge is 0.389 e. The van der Waals surface area contributed by atoms with Crippen LogP contribution in [0.1, 0.15) is 11.1 Å². The van der Waals surface area contributed by atoms with Crippen LogP contribution in [0, 0.1) is 6.92 Å². The van der Waals surface area contributed by atoms with E-state index in [9.17, 15) is 0 Å². The van der Waals surface area contributed by atoms with Crippen molar-refractivity contribution in [1.29, 1.82) is 0 Å². The summed E-state index contributed by atoms with van der Waals surface area (Å²) in [6, 6.07) is 7.09. The van der Waals surface area contributed by atoms with Gasteiger partial charge in [0.25, 0.3) is 0 Å². The van der Waals surface area contributed by atoms with Crippen LogP contribution in [-0.2, 0) is 0 Å². The van der Waals surface area contributed by atoms with E-state index >= 15 is 0 Å². The topological polar surface area (TPSA) is 50.9 Å². The van der Waals surface area contributed by atoms with E-state index in [2.05, 4.69) is 10.3 Å². The maximum atomic E-state index is 6.17. The van der Waals surface area contributed by atoms with Gasteiger partial charge in [-0.05, 0) is 36.8 Å². The molecule has 0 saturated heterocycles. The van der Waals surface area contributed by atoms with E-state index in [4.69, 9.17) is 41.2 Å². The molecule has 1 aromatic heterocycles. The lowest BCUT2D eigenvalue weighted by Crippen LogP contribution is -2.12. The van der Waals surface area contributed by atoms with Gasteiger partial charge < -0.3 is 11.1 Å². The zero-order chi connectivity index (χ0) is 14.0. The van der Waals surface area contributed by atoms with Gasteiger partial charge in [0.15, 0.2) is 0 Å². The number of pyridine rings is 1. The fraction of sp³-hybridized carbons (Fsp3) is 0.0769. The molecule has 0 unspecified atom stereocenters. The Bertz CT molecular complexity index is 644. The summed E-state index contributed by atoms with van der Waals surface area (Å²) in [7, 11) is 0. The van der Waals surface area contributed by atoms with Crippen molar-refractivity contribution < 1.29 is 0 Å². The van der Waals surface area contributed by atoms with Crippen molar-refractivity contribution in [3.05, 3.63) is 51.6 Å². The predicted octanol–water partition coefficient (Wildman–Crippen LogP) is 4.07. The van der Waals surface area contributed by atoms with Crippen LogP contribution >= 0.6 is 35.4 Å². The van der Waals surface area contributed by atoms with Crippen molar-refractivity contribution in [3.8, 4) is 0 Å². The molecule has 0 spiro atoms. The van der Waals surface area contributed by atoms with Gasteiger partial charge in [-0.15, -0.1) is 0 Å². The lowest BCUT2D eigenvalue weighted by atomic mass is 10.2. The van der Waals surface area contributed by atoms with Crippen LogP contribution in [-0.4, -0.2) is 9.97 Å². The standard InChI is InChI=1S/C13H11Cl2N3S/c1-7-5-10(15)11(6-9(7)14)18-13-8(12(16)19)3-2-4-17-13/h2-6H,1H3,(H2,16,19)(H,17,18). The predicted molar refractivity (Wildman–Crippen MR) is 84.6 cm³/mol. The number of nitrogens with zero attached hydrogens (tertiary/aromatic N) is 1. The molecule has 0 aliphatic carbocycles. The SMILES string of the molecule is Cc1cc(Cl)c(Nc2ncccc2C(N)=S)cc1Cl. The molecule has 2 rings (SSSR count). The average molecular weight is 312 g/mol. The number of anilines is 2. The van der Waals surface area contributed by atoms with Crippen LogP contribution < -0.4 is 11.1 Å². The van der Waals surface area contributed by atoms with Crippen molar-refractivity contribution in [2.45, 2.75) is 6.92 Å². The first-order chi connectivity index (χ1) is 8.99. The number of nitrogens with two attached hydrogens (primary N) is 1. The Kier molecular flexibility index (Phi) is 4.24. The Balaban J connectivity index is 2.42. The van der Waals surface area contributed by atoms with E-state index in [0.29, 0.717) is 27.1 Å². The summed E-state index contributed by atoms with van der Waals surface area (Å²) in [5, 5.41) is 4.28. The molecule has 2 aromatic rings. The molecule has 0 amide bonds. The fourth-order valence-electron chi connectivity index (χ4n) is 1.57. The number of thiocarbonyl (C=S) groups is 1. The van der Waals surface area contributed by atoms with Gasteiger partial charge in [-0.1, -0.05) is 35.4 Å². The summed E-state index contributed by atoms with van der Waals surface area (Å²) >= 11 is 17.2. The minimum atomic E-state index is 0.268. The summed E-state index contributed by atoms with van der Waals surface area (Å²) in [5.74, 6) is 0.553. The highest BCUT2D eigenvalue weighted by Crippen LogP contribution is 2.31. The summed E-state index contributed by atoms with van der Waals surface area (Å²) in [5.41, 5.74) is 7.88. The summed E-state index contributed by atoms with van der Waals surface area (Å²) in [6.45, 7) is 1.89. The molecule has 0 radical (unpaired) electrons. The van der Waals surface area contributed by atoms with Gasteiger partial charge in [0.2, 0.25) is 0 Å². The zero-order valence-corrected chi connectivity index (χ0v) is 12.4. The molecule has 0 atom stereocenters. The Morgan fingerprint density at radius 1 is 1.32 bits per heavy atom. The zero-order valence-electron chi connectivity index (χ0n) is 10.1. The van der Waals surface area contributed by atoms with Crippen molar-refractivity contribution in [2.24, 2.45) is 5.73 Å². The molecule has 0 aliphatic rings. The second kappa shape index (κ2) is 5.74. The monoisotopic (exact) mass is 311 g/mol. The minimum absolute atomic E-state index is 0.268. The highest BCUT2D eigenvalue weighted by Gasteiger charge is 2.09. The van der Waals surface area contributed by atoms with Crippen molar-refractivity contribution >= 4 is 51.9 Å². The van der Waals surface area contributed by atoms with Gasteiger partial charge >= 0.3 is 0 Å². The Morgan fingerprint density at radius 3 is 2.74 bits per heavy atom. The molecule has 3 N–H and O–H groups in total. The van der Waals surface area contributed by atoms with Gasteiger partial charge in [-0.2, -0.15) is 0 Å². The van der Waals surface area contributed by atoms with Crippen LogP contribution in [0.3, 0.4) is 0 Å². The first-order valence-electron chi connectivity index (χ1n) is 5.46. The normalized spacial score (nSPS) is 10.3. The Hall–Kier alpha value is -1.36. The Labute approximate surface area is 126 Å². The van der Waals surface area contributed by atoms with Gasteiger partial charge in [0.1, 0.15) is 10.8 Å². The van der Waals surface area contributed by atoms with Crippen molar-refractivity contribution in [3.63, 3.8) is 0 Å². The van der Waals surface area contributed by atoms with E-state index in [1.807, 2.05) is 6.92 Å².